The van der Waals surface area contributed by atoms with Gasteiger partial charge in [-0.3, -0.25) is 4.68 Å². The molecule has 3 aromatic rings. The minimum Gasteiger partial charge on any atom is -0.378 e. The van der Waals surface area contributed by atoms with E-state index in [0.717, 1.165) is 23.5 Å². The molecule has 0 radical (unpaired) electrons. The highest BCUT2D eigenvalue weighted by molar-refractivity contribution is 5.51. The van der Waals surface area contributed by atoms with E-state index in [1.54, 1.807) is 11.0 Å². The van der Waals surface area contributed by atoms with Crippen LogP contribution in [-0.4, -0.2) is 30.0 Å². The summed E-state index contributed by atoms with van der Waals surface area (Å²) < 4.78 is 3.55. The van der Waals surface area contributed by atoms with Crippen molar-refractivity contribution in [2.45, 2.75) is 26.4 Å². The number of aromatic nitrogens is 6. The summed E-state index contributed by atoms with van der Waals surface area (Å²) in [5.74, 6) is 0. The molecule has 0 bridgehead atoms. The van der Waals surface area contributed by atoms with E-state index >= 15 is 0 Å². The number of benzene rings is 1. The number of nitrogens with zero attached hydrogens (tertiary/aromatic N) is 6. The summed E-state index contributed by atoms with van der Waals surface area (Å²) >= 11 is 0. The summed E-state index contributed by atoms with van der Waals surface area (Å²) in [6.07, 6.45) is 5.53. The van der Waals surface area contributed by atoms with Crippen molar-refractivity contribution in [1.29, 1.82) is 0 Å². The maximum absolute atomic E-state index is 4.30. The van der Waals surface area contributed by atoms with Crippen LogP contribution in [0.1, 0.15) is 25.5 Å². The first-order valence-electron chi connectivity index (χ1n) is 6.88. The van der Waals surface area contributed by atoms with Crippen molar-refractivity contribution in [3.8, 4) is 5.69 Å². The van der Waals surface area contributed by atoms with Gasteiger partial charge in [-0.25, -0.2) is 4.68 Å². The summed E-state index contributed by atoms with van der Waals surface area (Å²) in [7, 11) is 0. The van der Waals surface area contributed by atoms with Crippen LogP contribution in [0.3, 0.4) is 0 Å². The zero-order valence-corrected chi connectivity index (χ0v) is 12.0. The Morgan fingerprint density at radius 2 is 2.24 bits per heavy atom. The molecule has 7 heteroatoms. The zero-order valence-electron chi connectivity index (χ0n) is 12.0. The first-order valence-corrected chi connectivity index (χ1v) is 6.88. The number of tetrazole rings is 1. The summed E-state index contributed by atoms with van der Waals surface area (Å²) in [6.45, 7) is 5.06. The molecule has 0 aliphatic heterocycles. The van der Waals surface area contributed by atoms with Crippen LogP contribution in [0.5, 0.6) is 0 Å². The van der Waals surface area contributed by atoms with E-state index in [-0.39, 0.29) is 6.04 Å². The van der Waals surface area contributed by atoms with Gasteiger partial charge in [-0.1, -0.05) is 6.07 Å². The molecular weight excluding hydrogens is 266 g/mol. The lowest BCUT2D eigenvalue weighted by atomic mass is 10.1. The molecule has 2 heterocycles. The second kappa shape index (κ2) is 5.74. The van der Waals surface area contributed by atoms with E-state index in [4.69, 9.17) is 0 Å². The molecule has 0 aliphatic rings. The second-order valence-electron chi connectivity index (χ2n) is 4.80. The lowest BCUT2D eigenvalue weighted by Gasteiger charge is -2.14. The Bertz CT molecular complexity index is 702. The SMILES string of the molecule is CCn1cc(C(C)Nc2cccc(-n3cnnn3)c2)cn1. The standard InChI is InChI=1S/C14H17N7/c1-3-20-9-12(8-16-20)11(2)17-13-5-4-6-14(7-13)21-10-15-18-19-21/h4-11,17H,3H2,1-2H3. The molecule has 3 rings (SSSR count). The fourth-order valence-electron chi connectivity index (χ4n) is 2.13. The van der Waals surface area contributed by atoms with Crippen molar-refractivity contribution in [2.24, 2.45) is 0 Å². The molecule has 0 saturated heterocycles. The van der Waals surface area contributed by atoms with E-state index < -0.39 is 0 Å². The summed E-state index contributed by atoms with van der Waals surface area (Å²) in [4.78, 5) is 0. The van der Waals surface area contributed by atoms with Crippen molar-refractivity contribution >= 4 is 5.69 Å². The highest BCUT2D eigenvalue weighted by Gasteiger charge is 2.08. The molecule has 1 unspecified atom stereocenters. The summed E-state index contributed by atoms with van der Waals surface area (Å²) in [5, 5.41) is 19.0. The van der Waals surface area contributed by atoms with Gasteiger partial charge in [0.15, 0.2) is 0 Å². The van der Waals surface area contributed by atoms with Crippen molar-refractivity contribution in [2.75, 3.05) is 5.32 Å². The van der Waals surface area contributed by atoms with E-state index in [1.165, 1.54) is 0 Å². The number of nitrogens with one attached hydrogen (secondary N) is 1. The molecule has 1 aromatic carbocycles. The Labute approximate surface area is 122 Å². The van der Waals surface area contributed by atoms with E-state index in [1.807, 2.05) is 35.1 Å². The minimum absolute atomic E-state index is 0.175. The van der Waals surface area contributed by atoms with Crippen LogP contribution >= 0.6 is 0 Å². The van der Waals surface area contributed by atoms with Crippen LogP contribution in [0.25, 0.3) is 5.69 Å². The number of aryl methyl sites for hydroxylation is 1. The molecule has 0 aliphatic carbocycles. The highest BCUT2D eigenvalue weighted by Crippen LogP contribution is 2.20. The third-order valence-corrected chi connectivity index (χ3v) is 3.32. The van der Waals surface area contributed by atoms with Crippen LogP contribution in [0, 0.1) is 0 Å². The molecule has 1 N–H and O–H groups in total. The summed E-state index contributed by atoms with van der Waals surface area (Å²) in [5.41, 5.74) is 3.09. The normalized spacial score (nSPS) is 12.3. The maximum Gasteiger partial charge on any atom is 0.143 e. The van der Waals surface area contributed by atoms with Gasteiger partial charge in [0.1, 0.15) is 6.33 Å². The Morgan fingerprint density at radius 3 is 2.95 bits per heavy atom. The Kier molecular flexibility index (Phi) is 3.63. The fraction of sp³-hybridized carbons (Fsp3) is 0.286. The van der Waals surface area contributed by atoms with Gasteiger partial charge in [0.05, 0.1) is 17.9 Å². The van der Waals surface area contributed by atoms with Gasteiger partial charge in [0, 0.05) is 24.0 Å². The Hall–Kier alpha value is -2.70. The van der Waals surface area contributed by atoms with Crippen molar-refractivity contribution in [1.82, 2.24) is 30.0 Å². The maximum atomic E-state index is 4.30. The van der Waals surface area contributed by atoms with Gasteiger partial charge in [0.25, 0.3) is 0 Å². The topological polar surface area (TPSA) is 73.5 Å². The smallest absolute Gasteiger partial charge is 0.143 e. The average Bonchev–Trinajstić information content (AvgIpc) is 3.19. The van der Waals surface area contributed by atoms with Gasteiger partial charge < -0.3 is 5.32 Å². The largest absolute Gasteiger partial charge is 0.378 e. The highest BCUT2D eigenvalue weighted by atomic mass is 15.5. The Morgan fingerprint density at radius 1 is 1.33 bits per heavy atom. The van der Waals surface area contributed by atoms with Crippen LogP contribution in [0.15, 0.2) is 43.0 Å². The molecule has 2 aromatic heterocycles. The predicted octanol–water partition coefficient (Wildman–Crippen LogP) is 2.05. The zero-order chi connectivity index (χ0) is 14.7. The molecule has 1 atom stereocenters. The monoisotopic (exact) mass is 283 g/mol. The molecule has 108 valence electrons. The first-order chi connectivity index (χ1) is 10.3. The molecule has 0 amide bonds. The van der Waals surface area contributed by atoms with E-state index in [0.29, 0.717) is 0 Å². The van der Waals surface area contributed by atoms with Crippen molar-refractivity contribution in [3.05, 3.63) is 48.5 Å². The van der Waals surface area contributed by atoms with Crippen LogP contribution < -0.4 is 5.32 Å². The minimum atomic E-state index is 0.175. The number of rotatable bonds is 5. The van der Waals surface area contributed by atoms with Crippen LogP contribution in [0.4, 0.5) is 5.69 Å². The van der Waals surface area contributed by atoms with Gasteiger partial charge >= 0.3 is 0 Å². The molecule has 21 heavy (non-hydrogen) atoms. The van der Waals surface area contributed by atoms with Gasteiger partial charge in [-0.05, 0) is 42.5 Å². The molecule has 7 nitrogen and oxygen atoms in total. The molecule has 0 saturated carbocycles. The second-order valence-corrected chi connectivity index (χ2v) is 4.80. The first kappa shape index (κ1) is 13.3. The number of hydrogen-bond donors (Lipinski definition) is 1. The van der Waals surface area contributed by atoms with Crippen LogP contribution in [-0.2, 0) is 6.54 Å². The number of hydrogen-bond acceptors (Lipinski definition) is 5. The van der Waals surface area contributed by atoms with Crippen molar-refractivity contribution < 1.29 is 0 Å². The number of anilines is 1. The van der Waals surface area contributed by atoms with Crippen molar-refractivity contribution in [3.63, 3.8) is 0 Å². The lowest BCUT2D eigenvalue weighted by Crippen LogP contribution is -2.06. The fourth-order valence-corrected chi connectivity index (χ4v) is 2.13. The third kappa shape index (κ3) is 2.91. The van der Waals surface area contributed by atoms with E-state index in [2.05, 4.69) is 46.0 Å². The molecular formula is C14H17N7. The molecule has 0 spiro atoms. The van der Waals surface area contributed by atoms with E-state index in [9.17, 15) is 0 Å². The predicted molar refractivity (Wildman–Crippen MR) is 79.1 cm³/mol. The Balaban J connectivity index is 1.77. The van der Waals surface area contributed by atoms with Gasteiger partial charge in [-0.15, -0.1) is 5.10 Å². The summed E-state index contributed by atoms with van der Waals surface area (Å²) in [6, 6.07) is 8.14. The average molecular weight is 283 g/mol. The van der Waals surface area contributed by atoms with Gasteiger partial charge in [-0.2, -0.15) is 5.10 Å². The molecule has 0 fully saturated rings. The lowest BCUT2D eigenvalue weighted by molar-refractivity contribution is 0.658. The third-order valence-electron chi connectivity index (χ3n) is 3.32. The quantitative estimate of drug-likeness (QED) is 0.775. The van der Waals surface area contributed by atoms with Crippen LogP contribution in [0.2, 0.25) is 0 Å². The van der Waals surface area contributed by atoms with Gasteiger partial charge in [0.2, 0.25) is 0 Å².